The van der Waals surface area contributed by atoms with Gasteiger partial charge in [-0.2, -0.15) is 0 Å². The second-order valence-electron chi connectivity index (χ2n) is 8.35. The maximum Gasteiger partial charge on any atom is 0.262 e. The summed E-state index contributed by atoms with van der Waals surface area (Å²) in [6.45, 7) is 0.952. The first-order chi connectivity index (χ1) is 13.8. The molecule has 4 rings (SSSR count). The highest BCUT2D eigenvalue weighted by Crippen LogP contribution is 2.29. The largest absolute Gasteiger partial charge is 0.286 e. The number of amides is 2. The molecule has 2 saturated carbocycles. The third-order valence-corrected chi connectivity index (χ3v) is 6.59. The second-order valence-corrected chi connectivity index (χ2v) is 8.35. The van der Waals surface area contributed by atoms with Crippen LogP contribution in [0.5, 0.6) is 0 Å². The summed E-state index contributed by atoms with van der Waals surface area (Å²) in [5.74, 6) is 6.00. The molecule has 3 aliphatic rings. The molecule has 1 heterocycles. The van der Waals surface area contributed by atoms with Crippen LogP contribution in [0.1, 0.15) is 84.9 Å². The number of fused-ring (bicyclic) bond motifs is 1. The monoisotopic (exact) mass is 378 g/mol. The van der Waals surface area contributed by atoms with Crippen molar-refractivity contribution in [1.82, 2.24) is 9.80 Å². The summed E-state index contributed by atoms with van der Waals surface area (Å²) < 4.78 is 0. The van der Waals surface area contributed by atoms with Gasteiger partial charge in [-0.25, -0.2) is 0 Å². The molecule has 2 aliphatic carbocycles. The van der Waals surface area contributed by atoms with Crippen molar-refractivity contribution >= 4 is 11.8 Å². The molecule has 0 atom stereocenters. The molecule has 0 N–H and O–H groups in total. The lowest BCUT2D eigenvalue weighted by atomic mass is 9.88. The Kier molecular flexibility index (Phi) is 6.12. The fraction of sp³-hybridized carbons (Fsp3) is 0.583. The van der Waals surface area contributed by atoms with E-state index in [1.54, 1.807) is 24.3 Å². The fourth-order valence-electron chi connectivity index (χ4n) is 5.05. The van der Waals surface area contributed by atoms with Gasteiger partial charge in [0.1, 0.15) is 0 Å². The van der Waals surface area contributed by atoms with Crippen LogP contribution in [0.4, 0.5) is 0 Å². The van der Waals surface area contributed by atoms with Crippen LogP contribution in [-0.4, -0.2) is 46.8 Å². The van der Waals surface area contributed by atoms with E-state index < -0.39 is 0 Å². The van der Waals surface area contributed by atoms with Crippen molar-refractivity contribution in [1.29, 1.82) is 0 Å². The van der Waals surface area contributed by atoms with E-state index in [9.17, 15) is 9.59 Å². The molecular formula is C24H30N2O2. The van der Waals surface area contributed by atoms with E-state index in [2.05, 4.69) is 16.7 Å². The van der Waals surface area contributed by atoms with Crippen molar-refractivity contribution < 1.29 is 9.59 Å². The van der Waals surface area contributed by atoms with Gasteiger partial charge in [-0.1, -0.05) is 62.5 Å². The molecule has 1 aromatic carbocycles. The minimum Gasteiger partial charge on any atom is -0.286 e. The smallest absolute Gasteiger partial charge is 0.262 e. The van der Waals surface area contributed by atoms with Crippen LogP contribution in [0, 0.1) is 11.8 Å². The first kappa shape index (κ1) is 19.2. The fourth-order valence-corrected chi connectivity index (χ4v) is 5.05. The average molecular weight is 379 g/mol. The highest BCUT2D eigenvalue weighted by Gasteiger charge is 2.34. The van der Waals surface area contributed by atoms with Gasteiger partial charge in [0.15, 0.2) is 0 Å². The zero-order valence-corrected chi connectivity index (χ0v) is 16.7. The number of imide groups is 1. The molecule has 0 spiro atoms. The molecule has 1 aromatic rings. The second kappa shape index (κ2) is 8.92. The highest BCUT2D eigenvalue weighted by molar-refractivity contribution is 6.21. The van der Waals surface area contributed by atoms with Crippen molar-refractivity contribution in [3.63, 3.8) is 0 Å². The molecule has 4 heteroatoms. The van der Waals surface area contributed by atoms with E-state index in [4.69, 9.17) is 0 Å². The quantitative estimate of drug-likeness (QED) is 0.581. The third-order valence-electron chi connectivity index (χ3n) is 6.59. The van der Waals surface area contributed by atoms with Crippen LogP contribution in [0.15, 0.2) is 24.3 Å². The standard InChI is InChI=1S/C24H30N2O2/c27-23-21-15-7-8-16-22(21)24(28)26(23)18-10-9-17-25(19-11-3-1-4-12-19)20-13-5-2-6-14-20/h7-8,15-16,19-20H,1-6,11-14,17-18H2. The van der Waals surface area contributed by atoms with E-state index in [0.29, 0.717) is 23.2 Å². The Labute approximate surface area is 168 Å². The number of carbonyl (C=O) groups is 2. The normalized spacial score (nSPS) is 21.0. The van der Waals surface area contributed by atoms with E-state index in [-0.39, 0.29) is 18.4 Å². The van der Waals surface area contributed by atoms with Crippen LogP contribution in [0.25, 0.3) is 0 Å². The van der Waals surface area contributed by atoms with E-state index in [1.807, 2.05) is 0 Å². The van der Waals surface area contributed by atoms with Gasteiger partial charge in [0.2, 0.25) is 0 Å². The third kappa shape index (κ3) is 4.00. The first-order valence-corrected chi connectivity index (χ1v) is 10.9. The Morgan fingerprint density at radius 1 is 0.786 bits per heavy atom. The average Bonchev–Trinajstić information content (AvgIpc) is 3.00. The number of rotatable bonds is 4. The summed E-state index contributed by atoms with van der Waals surface area (Å²) in [5.41, 5.74) is 1.00. The SMILES string of the molecule is O=C1c2ccccc2C(=O)N1CC#CCN(C1CCCCC1)C1CCCCC1. The van der Waals surface area contributed by atoms with Crippen LogP contribution in [0.3, 0.4) is 0 Å². The maximum absolute atomic E-state index is 12.5. The van der Waals surface area contributed by atoms with Gasteiger partial charge < -0.3 is 0 Å². The Balaban J connectivity index is 1.40. The predicted octanol–water partition coefficient (Wildman–Crippen LogP) is 4.25. The van der Waals surface area contributed by atoms with E-state index in [0.717, 1.165) is 6.54 Å². The van der Waals surface area contributed by atoms with Crippen LogP contribution in [-0.2, 0) is 0 Å². The van der Waals surface area contributed by atoms with Crippen LogP contribution in [0.2, 0.25) is 0 Å². The molecule has 2 amide bonds. The van der Waals surface area contributed by atoms with Crippen LogP contribution < -0.4 is 0 Å². The molecule has 0 aromatic heterocycles. The summed E-state index contributed by atoms with van der Waals surface area (Å²) in [4.78, 5) is 28.8. The summed E-state index contributed by atoms with van der Waals surface area (Å²) in [6.07, 6.45) is 13.2. The van der Waals surface area contributed by atoms with Gasteiger partial charge in [0.05, 0.1) is 24.2 Å². The lowest BCUT2D eigenvalue weighted by Gasteiger charge is -2.40. The number of benzene rings is 1. The number of hydrogen-bond acceptors (Lipinski definition) is 3. The summed E-state index contributed by atoms with van der Waals surface area (Å²) >= 11 is 0. The van der Waals surface area contributed by atoms with E-state index >= 15 is 0 Å². The van der Waals surface area contributed by atoms with Gasteiger partial charge in [-0.15, -0.1) is 0 Å². The topological polar surface area (TPSA) is 40.6 Å². The molecule has 2 fully saturated rings. The van der Waals surface area contributed by atoms with Gasteiger partial charge in [0, 0.05) is 12.1 Å². The molecule has 0 radical (unpaired) electrons. The summed E-state index contributed by atoms with van der Waals surface area (Å²) in [7, 11) is 0. The van der Waals surface area contributed by atoms with Crippen molar-refractivity contribution in [2.24, 2.45) is 0 Å². The Morgan fingerprint density at radius 2 is 1.29 bits per heavy atom. The van der Waals surface area contributed by atoms with Crippen molar-refractivity contribution in [2.75, 3.05) is 13.1 Å². The van der Waals surface area contributed by atoms with Crippen molar-refractivity contribution in [2.45, 2.75) is 76.3 Å². The number of carbonyl (C=O) groups excluding carboxylic acids is 2. The predicted molar refractivity (Wildman–Crippen MR) is 110 cm³/mol. The van der Waals surface area contributed by atoms with E-state index in [1.165, 1.54) is 69.1 Å². The molecule has 0 unspecified atom stereocenters. The minimum absolute atomic E-state index is 0.190. The van der Waals surface area contributed by atoms with Crippen molar-refractivity contribution in [3.8, 4) is 11.8 Å². The van der Waals surface area contributed by atoms with Crippen LogP contribution >= 0.6 is 0 Å². The lowest BCUT2D eigenvalue weighted by Crippen LogP contribution is -2.45. The zero-order valence-electron chi connectivity index (χ0n) is 16.7. The van der Waals surface area contributed by atoms with Gasteiger partial charge >= 0.3 is 0 Å². The lowest BCUT2D eigenvalue weighted by molar-refractivity contribution is 0.0674. The molecule has 148 valence electrons. The summed E-state index contributed by atoms with van der Waals surface area (Å²) in [6, 6.07) is 8.35. The molecule has 4 nitrogen and oxygen atoms in total. The van der Waals surface area contributed by atoms with Gasteiger partial charge in [-0.3, -0.25) is 19.4 Å². The number of nitrogens with zero attached hydrogens (tertiary/aromatic N) is 2. The molecule has 28 heavy (non-hydrogen) atoms. The van der Waals surface area contributed by atoms with Gasteiger partial charge in [-0.05, 0) is 37.8 Å². The van der Waals surface area contributed by atoms with Gasteiger partial charge in [0.25, 0.3) is 11.8 Å². The molecular weight excluding hydrogens is 348 g/mol. The van der Waals surface area contributed by atoms with Crippen molar-refractivity contribution in [3.05, 3.63) is 35.4 Å². The number of hydrogen-bond donors (Lipinski definition) is 0. The Bertz CT molecular complexity index is 726. The first-order valence-electron chi connectivity index (χ1n) is 10.9. The maximum atomic E-state index is 12.5. The molecule has 0 bridgehead atoms. The molecule has 1 aliphatic heterocycles. The summed E-state index contributed by atoms with van der Waals surface area (Å²) in [5, 5.41) is 0. The Morgan fingerprint density at radius 3 is 1.79 bits per heavy atom. The zero-order chi connectivity index (χ0) is 19.3. The highest BCUT2D eigenvalue weighted by atomic mass is 16.2. The molecule has 0 saturated heterocycles. The Hall–Kier alpha value is -2.12. The minimum atomic E-state index is -0.216.